The first-order chi connectivity index (χ1) is 12.0. The van der Waals surface area contributed by atoms with E-state index in [4.69, 9.17) is 9.47 Å². The summed E-state index contributed by atoms with van der Waals surface area (Å²) in [6, 6.07) is 7.40. The van der Waals surface area contributed by atoms with E-state index in [-0.39, 0.29) is 30.3 Å². The van der Waals surface area contributed by atoms with Crippen molar-refractivity contribution in [3.05, 3.63) is 24.3 Å². The SMILES string of the molecule is CC(C)C(=O)NC[C@H]1CCCN(C(=O)[C@H]2COc3ccccc3O2)C1. The number of nitrogens with zero attached hydrogens (tertiary/aromatic N) is 1. The number of fused-ring (bicyclic) bond motifs is 1. The topological polar surface area (TPSA) is 67.9 Å². The van der Waals surface area contributed by atoms with Crippen molar-refractivity contribution in [3.8, 4) is 11.5 Å². The van der Waals surface area contributed by atoms with Crippen molar-refractivity contribution in [2.75, 3.05) is 26.2 Å². The Balaban J connectivity index is 1.55. The lowest BCUT2D eigenvalue weighted by Gasteiger charge is -2.36. The monoisotopic (exact) mass is 346 g/mol. The summed E-state index contributed by atoms with van der Waals surface area (Å²) in [7, 11) is 0. The van der Waals surface area contributed by atoms with Crippen LogP contribution in [0.1, 0.15) is 26.7 Å². The molecule has 0 bridgehead atoms. The number of benzene rings is 1. The highest BCUT2D eigenvalue weighted by Gasteiger charge is 2.33. The number of carbonyl (C=O) groups excluding carboxylic acids is 2. The molecule has 0 spiro atoms. The van der Waals surface area contributed by atoms with Crippen LogP contribution in [0.15, 0.2) is 24.3 Å². The molecule has 0 saturated carbocycles. The third-order valence-electron chi connectivity index (χ3n) is 4.70. The molecule has 2 aliphatic heterocycles. The predicted octanol–water partition coefficient (Wildman–Crippen LogP) is 1.84. The first-order valence-corrected chi connectivity index (χ1v) is 8.99. The molecule has 1 aromatic carbocycles. The van der Waals surface area contributed by atoms with Gasteiger partial charge in [-0.3, -0.25) is 9.59 Å². The van der Waals surface area contributed by atoms with Gasteiger partial charge in [-0.1, -0.05) is 26.0 Å². The molecule has 2 atom stereocenters. The molecule has 0 unspecified atom stereocenters. The van der Waals surface area contributed by atoms with Gasteiger partial charge in [0.25, 0.3) is 5.91 Å². The van der Waals surface area contributed by atoms with E-state index in [9.17, 15) is 9.59 Å². The summed E-state index contributed by atoms with van der Waals surface area (Å²) in [4.78, 5) is 26.4. The minimum atomic E-state index is -0.598. The van der Waals surface area contributed by atoms with Crippen LogP contribution in [0.3, 0.4) is 0 Å². The number of ether oxygens (including phenoxy) is 2. The number of carbonyl (C=O) groups is 2. The number of piperidine rings is 1. The molecule has 0 aromatic heterocycles. The molecule has 25 heavy (non-hydrogen) atoms. The van der Waals surface area contributed by atoms with Gasteiger partial charge in [0.2, 0.25) is 12.0 Å². The first-order valence-electron chi connectivity index (χ1n) is 8.99. The normalized spacial score (nSPS) is 22.6. The van der Waals surface area contributed by atoms with E-state index in [0.29, 0.717) is 24.6 Å². The largest absolute Gasteiger partial charge is 0.485 e. The van der Waals surface area contributed by atoms with Gasteiger partial charge in [0, 0.05) is 25.6 Å². The Morgan fingerprint density at radius 2 is 2.04 bits per heavy atom. The Hall–Kier alpha value is -2.24. The standard InChI is InChI=1S/C19H26N2O4/c1-13(2)18(22)20-10-14-6-5-9-21(11-14)19(23)17-12-24-15-7-3-4-8-16(15)25-17/h3-4,7-8,13-14,17H,5-6,9-12H2,1-2H3,(H,20,22)/t14-,17-/m1/s1. The van der Waals surface area contributed by atoms with Crippen LogP contribution in [-0.4, -0.2) is 49.1 Å². The van der Waals surface area contributed by atoms with E-state index in [1.54, 1.807) is 0 Å². The number of hydrogen-bond donors (Lipinski definition) is 1. The fourth-order valence-corrected chi connectivity index (χ4v) is 3.23. The Morgan fingerprint density at radius 1 is 1.28 bits per heavy atom. The molecule has 0 radical (unpaired) electrons. The molecule has 1 saturated heterocycles. The van der Waals surface area contributed by atoms with Crippen molar-refractivity contribution in [2.24, 2.45) is 11.8 Å². The Kier molecular flexibility index (Phi) is 5.46. The van der Waals surface area contributed by atoms with Gasteiger partial charge in [-0.05, 0) is 30.9 Å². The van der Waals surface area contributed by atoms with Gasteiger partial charge < -0.3 is 19.7 Å². The van der Waals surface area contributed by atoms with E-state index in [1.165, 1.54) is 0 Å². The van der Waals surface area contributed by atoms with Gasteiger partial charge in [-0.25, -0.2) is 0 Å². The maximum absolute atomic E-state index is 12.8. The van der Waals surface area contributed by atoms with Crippen molar-refractivity contribution >= 4 is 11.8 Å². The lowest BCUT2D eigenvalue weighted by Crippen LogP contribution is -2.51. The van der Waals surface area contributed by atoms with Crippen molar-refractivity contribution in [3.63, 3.8) is 0 Å². The van der Waals surface area contributed by atoms with E-state index in [0.717, 1.165) is 19.4 Å². The molecule has 1 N–H and O–H groups in total. The molecule has 2 amide bonds. The number of para-hydroxylation sites is 2. The zero-order valence-electron chi connectivity index (χ0n) is 14.9. The lowest BCUT2D eigenvalue weighted by atomic mass is 9.97. The van der Waals surface area contributed by atoms with Crippen LogP contribution in [0.2, 0.25) is 0 Å². The summed E-state index contributed by atoms with van der Waals surface area (Å²) in [6.07, 6.45) is 1.37. The van der Waals surface area contributed by atoms with Gasteiger partial charge in [0.05, 0.1) is 0 Å². The summed E-state index contributed by atoms with van der Waals surface area (Å²) < 4.78 is 11.5. The highest BCUT2D eigenvalue weighted by molar-refractivity contribution is 5.82. The van der Waals surface area contributed by atoms with Crippen LogP contribution in [0.5, 0.6) is 11.5 Å². The average Bonchev–Trinajstić information content (AvgIpc) is 2.65. The van der Waals surface area contributed by atoms with Crippen LogP contribution in [0, 0.1) is 11.8 Å². The first kappa shape index (κ1) is 17.6. The van der Waals surface area contributed by atoms with Crippen molar-refractivity contribution in [1.29, 1.82) is 0 Å². The van der Waals surface area contributed by atoms with Gasteiger partial charge in [-0.2, -0.15) is 0 Å². The smallest absolute Gasteiger partial charge is 0.267 e. The van der Waals surface area contributed by atoms with Crippen LogP contribution >= 0.6 is 0 Å². The van der Waals surface area contributed by atoms with Gasteiger partial charge >= 0.3 is 0 Å². The maximum Gasteiger partial charge on any atom is 0.267 e. The summed E-state index contributed by atoms with van der Waals surface area (Å²) in [5.74, 6) is 1.59. The van der Waals surface area contributed by atoms with Crippen molar-refractivity contribution < 1.29 is 19.1 Å². The van der Waals surface area contributed by atoms with Crippen LogP contribution < -0.4 is 14.8 Å². The quantitative estimate of drug-likeness (QED) is 0.903. The Morgan fingerprint density at radius 3 is 2.80 bits per heavy atom. The van der Waals surface area contributed by atoms with E-state index >= 15 is 0 Å². The Bertz CT molecular complexity index is 632. The zero-order valence-corrected chi connectivity index (χ0v) is 14.9. The van der Waals surface area contributed by atoms with Gasteiger partial charge in [-0.15, -0.1) is 0 Å². The summed E-state index contributed by atoms with van der Waals surface area (Å²) in [6.45, 7) is 6.00. The molecular formula is C19H26N2O4. The van der Waals surface area contributed by atoms with E-state index in [1.807, 2.05) is 43.0 Å². The van der Waals surface area contributed by atoms with Gasteiger partial charge in [0.15, 0.2) is 11.5 Å². The van der Waals surface area contributed by atoms with E-state index in [2.05, 4.69) is 5.32 Å². The molecule has 2 aliphatic rings. The second-order valence-corrected chi connectivity index (χ2v) is 7.06. The molecule has 3 rings (SSSR count). The third-order valence-corrected chi connectivity index (χ3v) is 4.70. The predicted molar refractivity (Wildman–Crippen MR) is 93.5 cm³/mol. The third kappa shape index (κ3) is 4.24. The summed E-state index contributed by atoms with van der Waals surface area (Å²) >= 11 is 0. The number of rotatable bonds is 4. The fourth-order valence-electron chi connectivity index (χ4n) is 3.23. The molecular weight excluding hydrogens is 320 g/mol. The fraction of sp³-hybridized carbons (Fsp3) is 0.579. The van der Waals surface area contributed by atoms with E-state index < -0.39 is 6.10 Å². The zero-order chi connectivity index (χ0) is 17.8. The second-order valence-electron chi connectivity index (χ2n) is 7.06. The highest BCUT2D eigenvalue weighted by atomic mass is 16.6. The molecule has 0 aliphatic carbocycles. The van der Waals surface area contributed by atoms with Crippen molar-refractivity contribution in [2.45, 2.75) is 32.8 Å². The maximum atomic E-state index is 12.8. The van der Waals surface area contributed by atoms with Gasteiger partial charge in [0.1, 0.15) is 6.61 Å². The van der Waals surface area contributed by atoms with Crippen LogP contribution in [0.4, 0.5) is 0 Å². The molecule has 1 fully saturated rings. The lowest BCUT2D eigenvalue weighted by molar-refractivity contribution is -0.143. The second kappa shape index (κ2) is 7.76. The number of nitrogens with one attached hydrogen (secondary N) is 1. The minimum absolute atomic E-state index is 0.0193. The Labute approximate surface area is 148 Å². The van der Waals surface area contributed by atoms with Crippen LogP contribution in [-0.2, 0) is 9.59 Å². The molecule has 1 aromatic rings. The van der Waals surface area contributed by atoms with Crippen molar-refractivity contribution in [1.82, 2.24) is 10.2 Å². The summed E-state index contributed by atoms with van der Waals surface area (Å²) in [5.41, 5.74) is 0. The minimum Gasteiger partial charge on any atom is -0.485 e. The van der Waals surface area contributed by atoms with Crippen LogP contribution in [0.25, 0.3) is 0 Å². The molecule has 6 heteroatoms. The molecule has 136 valence electrons. The molecule has 6 nitrogen and oxygen atoms in total. The number of hydrogen-bond acceptors (Lipinski definition) is 4. The number of amides is 2. The highest BCUT2D eigenvalue weighted by Crippen LogP contribution is 2.31. The average molecular weight is 346 g/mol. The summed E-state index contributed by atoms with van der Waals surface area (Å²) in [5, 5.41) is 2.97. The number of likely N-dealkylation sites (tertiary alicyclic amines) is 1. The molecule has 2 heterocycles.